The van der Waals surface area contributed by atoms with E-state index in [1.54, 1.807) is 0 Å². The van der Waals surface area contributed by atoms with E-state index in [2.05, 4.69) is 0 Å². The molecule has 0 aliphatic rings. The van der Waals surface area contributed by atoms with Crippen LogP contribution in [0.5, 0.6) is 11.5 Å². The molecule has 0 fully saturated rings. The van der Waals surface area contributed by atoms with Crippen LogP contribution in [-0.4, -0.2) is 18.1 Å². The fourth-order valence-corrected chi connectivity index (χ4v) is 2.36. The van der Waals surface area contributed by atoms with Crippen LogP contribution in [0.15, 0.2) is 48.5 Å². The van der Waals surface area contributed by atoms with Gasteiger partial charge in [-0.05, 0) is 35.4 Å². The molecular weight excluding hydrogens is 337 g/mol. The summed E-state index contributed by atoms with van der Waals surface area (Å²) in [5.74, 6) is -2.63. The van der Waals surface area contributed by atoms with Crippen molar-refractivity contribution < 1.29 is 32.2 Å². The molecule has 0 aliphatic carbocycles. The van der Waals surface area contributed by atoms with Crippen molar-refractivity contribution in [3.63, 3.8) is 0 Å². The number of benzene rings is 2. The Hall–Kier alpha value is -2.83. The van der Waals surface area contributed by atoms with Crippen LogP contribution in [0.25, 0.3) is 0 Å². The Labute approximate surface area is 142 Å². The summed E-state index contributed by atoms with van der Waals surface area (Å²) in [5.41, 5.74) is 0.00674. The minimum atomic E-state index is -4.52. The zero-order chi connectivity index (χ0) is 18.6. The molecule has 4 nitrogen and oxygen atoms in total. The van der Waals surface area contributed by atoms with Crippen molar-refractivity contribution in [1.29, 1.82) is 0 Å². The van der Waals surface area contributed by atoms with Crippen LogP contribution in [-0.2, 0) is 9.59 Å². The number of halogens is 3. The number of hydrogen-bond donors (Lipinski definition) is 0. The van der Waals surface area contributed by atoms with Gasteiger partial charge in [-0.2, -0.15) is 13.2 Å². The Balaban J connectivity index is 2.33. The zero-order valence-electron chi connectivity index (χ0n) is 13.5. The van der Waals surface area contributed by atoms with E-state index in [-0.39, 0.29) is 22.6 Å². The third kappa shape index (κ3) is 5.07. The second-order valence-corrected chi connectivity index (χ2v) is 5.30. The molecule has 0 aliphatic heterocycles. The molecule has 0 atom stereocenters. The van der Waals surface area contributed by atoms with Crippen LogP contribution in [0.1, 0.15) is 30.9 Å². The lowest BCUT2D eigenvalue weighted by atomic mass is 9.90. The highest BCUT2D eigenvalue weighted by atomic mass is 19.4. The average Bonchev–Trinajstić information content (AvgIpc) is 2.48. The summed E-state index contributed by atoms with van der Waals surface area (Å²) < 4.78 is 50.3. The Kier molecular flexibility index (Phi) is 5.46. The highest BCUT2D eigenvalue weighted by Gasteiger charge is 2.41. The molecule has 2 aromatic carbocycles. The molecular formula is C18H15F3O4. The van der Waals surface area contributed by atoms with Crippen LogP contribution in [0.4, 0.5) is 13.2 Å². The van der Waals surface area contributed by atoms with E-state index < -0.39 is 24.0 Å². The number of hydrogen-bond acceptors (Lipinski definition) is 4. The standard InChI is InChI=1S/C18H15F3O4/c1-11(22)24-15-7-3-13(4-8-15)17(18(19,20)21)14-5-9-16(10-6-14)25-12(2)23/h3-10,17H,1-2H3. The first-order chi connectivity index (χ1) is 11.7. The third-order valence-electron chi connectivity index (χ3n) is 3.28. The van der Waals surface area contributed by atoms with Gasteiger partial charge in [0.05, 0.1) is 0 Å². The molecule has 0 spiro atoms. The van der Waals surface area contributed by atoms with Crippen LogP contribution in [0, 0.1) is 0 Å². The maximum Gasteiger partial charge on any atom is 0.399 e. The third-order valence-corrected chi connectivity index (χ3v) is 3.28. The van der Waals surface area contributed by atoms with E-state index in [0.29, 0.717) is 0 Å². The Morgan fingerprint density at radius 2 is 1.08 bits per heavy atom. The lowest BCUT2D eigenvalue weighted by molar-refractivity contribution is -0.141. The van der Waals surface area contributed by atoms with Crippen LogP contribution >= 0.6 is 0 Å². The highest BCUT2D eigenvalue weighted by molar-refractivity contribution is 5.69. The normalized spacial score (nSPS) is 11.3. The summed E-state index contributed by atoms with van der Waals surface area (Å²) in [5, 5.41) is 0. The summed E-state index contributed by atoms with van der Waals surface area (Å²) in [7, 11) is 0. The van der Waals surface area contributed by atoms with Gasteiger partial charge in [0.1, 0.15) is 17.4 Å². The van der Waals surface area contributed by atoms with Gasteiger partial charge in [-0.1, -0.05) is 24.3 Å². The number of esters is 2. The number of carbonyl (C=O) groups excluding carboxylic acids is 2. The molecule has 25 heavy (non-hydrogen) atoms. The summed E-state index contributed by atoms with van der Waals surface area (Å²) in [6, 6.07) is 10.3. The second kappa shape index (κ2) is 7.38. The van der Waals surface area contributed by atoms with Crippen LogP contribution in [0.2, 0.25) is 0 Å². The van der Waals surface area contributed by atoms with Crippen molar-refractivity contribution in [2.75, 3.05) is 0 Å². The smallest absolute Gasteiger partial charge is 0.399 e. The SMILES string of the molecule is CC(=O)Oc1ccc(C(c2ccc(OC(C)=O)cc2)C(F)(F)F)cc1. The van der Waals surface area contributed by atoms with Crippen LogP contribution in [0.3, 0.4) is 0 Å². The molecule has 0 unspecified atom stereocenters. The first-order valence-electron chi connectivity index (χ1n) is 7.30. The molecule has 0 bridgehead atoms. The lowest BCUT2D eigenvalue weighted by Crippen LogP contribution is -2.22. The lowest BCUT2D eigenvalue weighted by Gasteiger charge is -2.21. The van der Waals surface area contributed by atoms with Gasteiger partial charge >= 0.3 is 18.1 Å². The van der Waals surface area contributed by atoms with Crippen molar-refractivity contribution in [1.82, 2.24) is 0 Å². The van der Waals surface area contributed by atoms with Gasteiger partial charge in [0.15, 0.2) is 0 Å². The van der Waals surface area contributed by atoms with Gasteiger partial charge in [-0.25, -0.2) is 0 Å². The molecule has 0 radical (unpaired) electrons. The van der Waals surface area contributed by atoms with Crippen LogP contribution < -0.4 is 9.47 Å². The zero-order valence-corrected chi connectivity index (χ0v) is 13.5. The molecule has 7 heteroatoms. The topological polar surface area (TPSA) is 52.6 Å². The summed E-state index contributed by atoms with van der Waals surface area (Å²) in [6.07, 6.45) is -4.52. The van der Waals surface area contributed by atoms with Gasteiger partial charge in [0.25, 0.3) is 0 Å². The number of rotatable bonds is 4. The Morgan fingerprint density at radius 3 is 1.32 bits per heavy atom. The minimum Gasteiger partial charge on any atom is -0.427 e. The number of carbonyl (C=O) groups is 2. The molecule has 0 saturated heterocycles. The predicted molar refractivity (Wildman–Crippen MR) is 83.4 cm³/mol. The highest BCUT2D eigenvalue weighted by Crippen LogP contribution is 2.40. The number of alkyl halides is 3. The van der Waals surface area contributed by atoms with Crippen molar-refractivity contribution >= 4 is 11.9 Å². The van der Waals surface area contributed by atoms with Gasteiger partial charge in [-0.15, -0.1) is 0 Å². The summed E-state index contributed by atoms with van der Waals surface area (Å²) in [6.45, 7) is 2.41. The fraction of sp³-hybridized carbons (Fsp3) is 0.222. The molecule has 2 rings (SSSR count). The summed E-state index contributed by atoms with van der Waals surface area (Å²) >= 11 is 0. The first-order valence-corrected chi connectivity index (χ1v) is 7.30. The molecule has 2 aromatic rings. The van der Waals surface area contributed by atoms with Crippen molar-refractivity contribution in [3.05, 3.63) is 59.7 Å². The molecule has 0 saturated carbocycles. The molecule has 0 aromatic heterocycles. The molecule has 0 N–H and O–H groups in total. The summed E-state index contributed by atoms with van der Waals surface area (Å²) in [4.78, 5) is 21.8. The van der Waals surface area contributed by atoms with Gasteiger partial charge in [-0.3, -0.25) is 9.59 Å². The maximum atomic E-state index is 13.5. The van der Waals surface area contributed by atoms with E-state index in [1.807, 2.05) is 0 Å². The monoisotopic (exact) mass is 352 g/mol. The maximum absolute atomic E-state index is 13.5. The molecule has 132 valence electrons. The first kappa shape index (κ1) is 18.5. The van der Waals surface area contributed by atoms with E-state index in [0.717, 1.165) is 0 Å². The van der Waals surface area contributed by atoms with E-state index in [1.165, 1.54) is 62.4 Å². The predicted octanol–water partition coefficient (Wildman–Crippen LogP) is 4.23. The number of ether oxygens (including phenoxy) is 2. The van der Waals surface area contributed by atoms with Gasteiger partial charge in [0.2, 0.25) is 0 Å². The van der Waals surface area contributed by atoms with Gasteiger partial charge < -0.3 is 9.47 Å². The molecule has 0 heterocycles. The van der Waals surface area contributed by atoms with Gasteiger partial charge in [0, 0.05) is 13.8 Å². The quantitative estimate of drug-likeness (QED) is 0.610. The Morgan fingerprint density at radius 1 is 0.760 bits per heavy atom. The van der Waals surface area contributed by atoms with E-state index in [9.17, 15) is 22.8 Å². The second-order valence-electron chi connectivity index (χ2n) is 5.30. The van der Waals surface area contributed by atoms with Crippen molar-refractivity contribution in [2.24, 2.45) is 0 Å². The van der Waals surface area contributed by atoms with E-state index >= 15 is 0 Å². The van der Waals surface area contributed by atoms with Crippen molar-refractivity contribution in [3.8, 4) is 11.5 Å². The molecule has 0 amide bonds. The largest absolute Gasteiger partial charge is 0.427 e. The van der Waals surface area contributed by atoms with E-state index in [4.69, 9.17) is 9.47 Å². The van der Waals surface area contributed by atoms with Crippen molar-refractivity contribution in [2.45, 2.75) is 25.9 Å². The average molecular weight is 352 g/mol. The Bertz CT molecular complexity index is 690. The fourth-order valence-electron chi connectivity index (χ4n) is 2.36. The minimum absolute atomic E-state index is 0.00337.